The van der Waals surface area contributed by atoms with Gasteiger partial charge in [0.15, 0.2) is 11.6 Å². The van der Waals surface area contributed by atoms with Crippen molar-refractivity contribution >= 4 is 34.6 Å². The van der Waals surface area contributed by atoms with E-state index in [1.165, 1.54) is 19.3 Å². The molecule has 0 bridgehead atoms. The Morgan fingerprint density at radius 3 is 2.96 bits per heavy atom. The smallest absolute Gasteiger partial charge is 0.159 e. The normalized spacial score (nSPS) is 17.8. The lowest BCUT2D eigenvalue weighted by Crippen LogP contribution is -2.40. The van der Waals surface area contributed by atoms with E-state index in [4.69, 9.17) is 17.3 Å². The first-order valence-electron chi connectivity index (χ1n) is 8.50. The number of nitrogen functional groups attached to an aromatic ring is 1. The summed E-state index contributed by atoms with van der Waals surface area (Å²) in [6.45, 7) is 5.24. The lowest BCUT2D eigenvalue weighted by molar-refractivity contribution is 0.447. The number of hydrogen-bond donors (Lipinski definition) is 2. The van der Waals surface area contributed by atoms with Crippen molar-refractivity contribution in [2.75, 3.05) is 22.5 Å². The van der Waals surface area contributed by atoms with Gasteiger partial charge in [-0.2, -0.15) is 0 Å². The Balaban J connectivity index is 1.92. The number of anilines is 4. The molecule has 0 amide bonds. The van der Waals surface area contributed by atoms with Crippen LogP contribution in [0.5, 0.6) is 0 Å². The number of aryl methyl sites for hydroxylation is 1. The summed E-state index contributed by atoms with van der Waals surface area (Å²) in [7, 11) is 0. The molecule has 1 aromatic carbocycles. The molecule has 128 valence electrons. The van der Waals surface area contributed by atoms with Crippen molar-refractivity contribution in [2.24, 2.45) is 0 Å². The zero-order chi connectivity index (χ0) is 17.1. The summed E-state index contributed by atoms with van der Waals surface area (Å²) < 4.78 is 0. The Morgan fingerprint density at radius 2 is 2.17 bits per heavy atom. The van der Waals surface area contributed by atoms with Crippen molar-refractivity contribution in [3.63, 3.8) is 0 Å². The van der Waals surface area contributed by atoms with E-state index in [0.29, 0.717) is 22.6 Å². The minimum absolute atomic E-state index is 0.497. The molecule has 0 spiro atoms. The SMILES string of the molecule is CCC1CCCCN1c1ncnc(Nc2cc(Cl)ccc2C)c1N. The standard InChI is InChI=1S/C18H24ClN5/c1-3-14-6-4-5-9-24(14)18-16(20)17(21-11-22-18)23-15-10-13(19)8-7-12(15)2/h7-8,10-11,14H,3-6,9,20H2,1-2H3,(H,21,22,23). The molecule has 1 aromatic heterocycles. The van der Waals surface area contributed by atoms with E-state index >= 15 is 0 Å². The molecule has 5 nitrogen and oxygen atoms in total. The number of halogens is 1. The second kappa shape index (κ2) is 7.26. The van der Waals surface area contributed by atoms with Crippen molar-refractivity contribution in [3.8, 4) is 0 Å². The minimum atomic E-state index is 0.497. The zero-order valence-corrected chi connectivity index (χ0v) is 15.0. The highest BCUT2D eigenvalue weighted by Gasteiger charge is 2.25. The fraction of sp³-hybridized carbons (Fsp3) is 0.444. The second-order valence-electron chi connectivity index (χ2n) is 6.30. The molecular formula is C18H24ClN5. The Hall–Kier alpha value is -2.01. The predicted octanol–water partition coefficient (Wildman–Crippen LogP) is 4.53. The lowest BCUT2D eigenvalue weighted by Gasteiger charge is -2.36. The molecule has 0 saturated carbocycles. The van der Waals surface area contributed by atoms with Crippen molar-refractivity contribution in [1.82, 2.24) is 9.97 Å². The number of hydrogen-bond acceptors (Lipinski definition) is 5. The van der Waals surface area contributed by atoms with Crippen LogP contribution in [0.3, 0.4) is 0 Å². The van der Waals surface area contributed by atoms with E-state index < -0.39 is 0 Å². The molecule has 0 radical (unpaired) electrons. The van der Waals surface area contributed by atoms with E-state index in [1.807, 2.05) is 25.1 Å². The monoisotopic (exact) mass is 345 g/mol. The molecular weight excluding hydrogens is 322 g/mol. The first-order chi connectivity index (χ1) is 11.6. The number of nitrogens with two attached hydrogens (primary N) is 1. The molecule has 6 heteroatoms. The van der Waals surface area contributed by atoms with Crippen molar-refractivity contribution in [2.45, 2.75) is 45.6 Å². The third-order valence-electron chi connectivity index (χ3n) is 4.69. The van der Waals surface area contributed by atoms with E-state index in [1.54, 1.807) is 6.33 Å². The van der Waals surface area contributed by atoms with Gasteiger partial charge in [-0.3, -0.25) is 0 Å². The van der Waals surface area contributed by atoms with E-state index in [2.05, 4.69) is 27.1 Å². The second-order valence-corrected chi connectivity index (χ2v) is 6.73. The summed E-state index contributed by atoms with van der Waals surface area (Å²) in [6, 6.07) is 6.22. The quantitative estimate of drug-likeness (QED) is 0.851. The van der Waals surface area contributed by atoms with Crippen LogP contribution in [0.15, 0.2) is 24.5 Å². The van der Waals surface area contributed by atoms with Crippen LogP contribution in [0.4, 0.5) is 23.0 Å². The van der Waals surface area contributed by atoms with Crippen LogP contribution in [0, 0.1) is 6.92 Å². The van der Waals surface area contributed by atoms with Crippen LogP contribution in [-0.2, 0) is 0 Å². The number of rotatable bonds is 4. The van der Waals surface area contributed by atoms with Gasteiger partial charge in [-0.25, -0.2) is 9.97 Å². The van der Waals surface area contributed by atoms with E-state index in [0.717, 1.165) is 30.0 Å². The van der Waals surface area contributed by atoms with E-state index in [9.17, 15) is 0 Å². The molecule has 1 aliphatic heterocycles. The summed E-state index contributed by atoms with van der Waals surface area (Å²) >= 11 is 6.10. The van der Waals surface area contributed by atoms with Gasteiger partial charge < -0.3 is 16.0 Å². The number of benzene rings is 1. The van der Waals surface area contributed by atoms with Gasteiger partial charge in [0.1, 0.15) is 12.0 Å². The van der Waals surface area contributed by atoms with Gasteiger partial charge in [0.05, 0.1) is 0 Å². The zero-order valence-electron chi connectivity index (χ0n) is 14.2. The molecule has 1 fully saturated rings. The van der Waals surface area contributed by atoms with Crippen LogP contribution >= 0.6 is 11.6 Å². The Morgan fingerprint density at radius 1 is 1.33 bits per heavy atom. The maximum absolute atomic E-state index is 6.40. The molecule has 1 aliphatic rings. The molecule has 2 heterocycles. The molecule has 3 N–H and O–H groups in total. The number of nitrogens with zero attached hydrogens (tertiary/aromatic N) is 3. The van der Waals surface area contributed by atoms with Gasteiger partial charge in [-0.15, -0.1) is 0 Å². The molecule has 0 aliphatic carbocycles. The molecule has 3 rings (SSSR count). The van der Waals surface area contributed by atoms with Gasteiger partial charge in [0.2, 0.25) is 0 Å². The molecule has 2 aromatic rings. The van der Waals surface area contributed by atoms with Crippen molar-refractivity contribution < 1.29 is 0 Å². The topological polar surface area (TPSA) is 67.1 Å². The number of nitrogens with one attached hydrogen (secondary N) is 1. The Bertz CT molecular complexity index is 719. The number of aromatic nitrogens is 2. The highest BCUT2D eigenvalue weighted by Crippen LogP contribution is 2.34. The largest absolute Gasteiger partial charge is 0.393 e. The molecule has 1 saturated heterocycles. The highest BCUT2D eigenvalue weighted by atomic mass is 35.5. The minimum Gasteiger partial charge on any atom is -0.393 e. The van der Waals surface area contributed by atoms with Crippen molar-refractivity contribution in [3.05, 3.63) is 35.1 Å². The van der Waals surface area contributed by atoms with Crippen LogP contribution < -0.4 is 16.0 Å². The summed E-state index contributed by atoms with van der Waals surface area (Å²) in [4.78, 5) is 11.1. The molecule has 1 unspecified atom stereocenters. The predicted molar refractivity (Wildman–Crippen MR) is 101 cm³/mol. The Kier molecular flexibility index (Phi) is 5.09. The summed E-state index contributed by atoms with van der Waals surface area (Å²) in [6.07, 6.45) is 6.31. The highest BCUT2D eigenvalue weighted by molar-refractivity contribution is 6.30. The average molecular weight is 346 g/mol. The van der Waals surface area contributed by atoms with Gasteiger partial charge in [0.25, 0.3) is 0 Å². The van der Waals surface area contributed by atoms with Crippen LogP contribution in [0.2, 0.25) is 5.02 Å². The first kappa shape index (κ1) is 16.8. The maximum atomic E-state index is 6.40. The Labute approximate surface area is 148 Å². The third kappa shape index (κ3) is 3.41. The molecule has 24 heavy (non-hydrogen) atoms. The maximum Gasteiger partial charge on any atom is 0.159 e. The first-order valence-corrected chi connectivity index (χ1v) is 8.88. The summed E-state index contributed by atoms with van der Waals surface area (Å²) in [5.41, 5.74) is 8.99. The summed E-state index contributed by atoms with van der Waals surface area (Å²) in [5, 5.41) is 3.99. The van der Waals surface area contributed by atoms with Gasteiger partial charge in [-0.1, -0.05) is 24.6 Å². The van der Waals surface area contributed by atoms with Crippen LogP contribution in [-0.4, -0.2) is 22.6 Å². The van der Waals surface area contributed by atoms with Crippen molar-refractivity contribution in [1.29, 1.82) is 0 Å². The number of piperidine rings is 1. The fourth-order valence-electron chi connectivity index (χ4n) is 3.28. The van der Waals surface area contributed by atoms with Crippen LogP contribution in [0.25, 0.3) is 0 Å². The molecule has 1 atom stereocenters. The van der Waals surface area contributed by atoms with Gasteiger partial charge in [0, 0.05) is 23.3 Å². The average Bonchev–Trinajstić information content (AvgIpc) is 2.60. The fourth-order valence-corrected chi connectivity index (χ4v) is 3.45. The van der Waals surface area contributed by atoms with Crippen LogP contribution in [0.1, 0.15) is 38.2 Å². The van der Waals surface area contributed by atoms with Gasteiger partial charge in [-0.05, 0) is 50.3 Å². The van der Waals surface area contributed by atoms with E-state index in [-0.39, 0.29) is 0 Å². The lowest BCUT2D eigenvalue weighted by atomic mass is 10.00. The third-order valence-corrected chi connectivity index (χ3v) is 4.92. The van der Waals surface area contributed by atoms with Gasteiger partial charge >= 0.3 is 0 Å². The summed E-state index contributed by atoms with van der Waals surface area (Å²) in [5.74, 6) is 1.46.